The fourth-order valence-electron chi connectivity index (χ4n) is 2.20. The fourth-order valence-corrected chi connectivity index (χ4v) is 2.20. The third-order valence-electron chi connectivity index (χ3n) is 3.17. The molecule has 4 nitrogen and oxygen atoms in total. The molecular weight excluding hydrogens is 238 g/mol. The summed E-state index contributed by atoms with van der Waals surface area (Å²) in [6.07, 6.45) is 2.54. The summed E-state index contributed by atoms with van der Waals surface area (Å²) in [5.74, 6) is 0.412. The fraction of sp³-hybridized carbons (Fsp3) is 0.467. The molecule has 1 unspecified atom stereocenters. The standard InChI is InChI=1S/C15H21N3O/c1-3-8-16-9-12(2)11-18-14-7-5-4-6-13(14)17-10-15(18)19/h4-7,10,12,16H,3,8-9,11H2,1-2H3. The lowest BCUT2D eigenvalue weighted by Crippen LogP contribution is -2.29. The van der Waals surface area contributed by atoms with Gasteiger partial charge in [0, 0.05) is 6.54 Å². The number of para-hydroxylation sites is 2. The average molecular weight is 259 g/mol. The van der Waals surface area contributed by atoms with Crippen molar-refractivity contribution in [2.75, 3.05) is 13.1 Å². The summed E-state index contributed by atoms with van der Waals surface area (Å²) in [5.41, 5.74) is 1.76. The first-order chi connectivity index (χ1) is 9.22. The maximum atomic E-state index is 12.0. The van der Waals surface area contributed by atoms with Gasteiger partial charge in [0.1, 0.15) is 0 Å². The lowest BCUT2D eigenvalue weighted by molar-refractivity contribution is 0.446. The van der Waals surface area contributed by atoms with Crippen LogP contribution in [-0.4, -0.2) is 22.6 Å². The number of nitrogens with one attached hydrogen (secondary N) is 1. The molecule has 2 rings (SSSR count). The molecule has 0 bridgehead atoms. The highest BCUT2D eigenvalue weighted by Crippen LogP contribution is 2.10. The van der Waals surface area contributed by atoms with E-state index in [2.05, 4.69) is 24.1 Å². The van der Waals surface area contributed by atoms with Crippen LogP contribution in [0.1, 0.15) is 20.3 Å². The topological polar surface area (TPSA) is 46.9 Å². The van der Waals surface area contributed by atoms with E-state index in [4.69, 9.17) is 0 Å². The second kappa shape index (κ2) is 6.48. The lowest BCUT2D eigenvalue weighted by Gasteiger charge is -2.15. The van der Waals surface area contributed by atoms with E-state index >= 15 is 0 Å². The summed E-state index contributed by atoms with van der Waals surface area (Å²) < 4.78 is 1.82. The van der Waals surface area contributed by atoms with E-state index in [-0.39, 0.29) is 5.56 Å². The van der Waals surface area contributed by atoms with Gasteiger partial charge in [0.15, 0.2) is 0 Å². The van der Waals surface area contributed by atoms with E-state index in [1.165, 1.54) is 6.20 Å². The van der Waals surface area contributed by atoms with Gasteiger partial charge in [-0.1, -0.05) is 26.0 Å². The van der Waals surface area contributed by atoms with Crippen molar-refractivity contribution >= 4 is 11.0 Å². The lowest BCUT2D eigenvalue weighted by atomic mass is 10.1. The number of aromatic nitrogens is 2. The van der Waals surface area contributed by atoms with Crippen LogP contribution in [0.4, 0.5) is 0 Å². The van der Waals surface area contributed by atoms with Crippen LogP contribution < -0.4 is 10.9 Å². The van der Waals surface area contributed by atoms with Crippen LogP contribution in [0.5, 0.6) is 0 Å². The van der Waals surface area contributed by atoms with Crippen molar-refractivity contribution in [3.63, 3.8) is 0 Å². The molecule has 102 valence electrons. The van der Waals surface area contributed by atoms with Gasteiger partial charge in [-0.15, -0.1) is 0 Å². The minimum Gasteiger partial charge on any atom is -0.316 e. The molecule has 0 aliphatic heterocycles. The van der Waals surface area contributed by atoms with Crippen LogP contribution in [0.2, 0.25) is 0 Å². The quantitative estimate of drug-likeness (QED) is 0.807. The Hall–Kier alpha value is -1.68. The van der Waals surface area contributed by atoms with E-state index in [1.54, 1.807) is 0 Å². The molecule has 0 spiro atoms. The van der Waals surface area contributed by atoms with Crippen LogP contribution in [0.15, 0.2) is 35.3 Å². The molecule has 0 aliphatic rings. The molecule has 1 atom stereocenters. The Morgan fingerprint density at radius 3 is 2.95 bits per heavy atom. The normalized spacial score (nSPS) is 12.7. The molecule has 0 radical (unpaired) electrons. The predicted molar refractivity (Wildman–Crippen MR) is 78.3 cm³/mol. The first-order valence-electron chi connectivity index (χ1n) is 6.87. The Morgan fingerprint density at radius 1 is 1.37 bits per heavy atom. The van der Waals surface area contributed by atoms with E-state index in [0.29, 0.717) is 5.92 Å². The molecule has 0 saturated carbocycles. The Kier molecular flexibility index (Phi) is 4.68. The third kappa shape index (κ3) is 3.41. The van der Waals surface area contributed by atoms with E-state index in [9.17, 15) is 4.79 Å². The van der Waals surface area contributed by atoms with Gasteiger partial charge >= 0.3 is 0 Å². The van der Waals surface area contributed by atoms with Gasteiger partial charge < -0.3 is 9.88 Å². The minimum atomic E-state index is -0.0268. The van der Waals surface area contributed by atoms with Gasteiger partial charge in [-0.3, -0.25) is 4.79 Å². The highest BCUT2D eigenvalue weighted by molar-refractivity contribution is 5.74. The molecular formula is C15H21N3O. The molecule has 0 amide bonds. The number of hydrogen-bond acceptors (Lipinski definition) is 3. The second-order valence-corrected chi connectivity index (χ2v) is 5.01. The predicted octanol–water partition coefficient (Wildman–Crippen LogP) is 2.03. The van der Waals surface area contributed by atoms with Crippen molar-refractivity contribution in [2.24, 2.45) is 5.92 Å². The molecule has 1 aromatic heterocycles. The first kappa shape index (κ1) is 13.7. The number of rotatable bonds is 6. The monoisotopic (exact) mass is 259 g/mol. The molecule has 1 heterocycles. The zero-order chi connectivity index (χ0) is 13.7. The van der Waals surface area contributed by atoms with Gasteiger partial charge in [0.25, 0.3) is 5.56 Å². The molecule has 1 N–H and O–H groups in total. The van der Waals surface area contributed by atoms with Gasteiger partial charge in [-0.05, 0) is 37.6 Å². The van der Waals surface area contributed by atoms with E-state index in [1.807, 2.05) is 28.8 Å². The van der Waals surface area contributed by atoms with Gasteiger partial charge in [0.2, 0.25) is 0 Å². The minimum absolute atomic E-state index is 0.0268. The van der Waals surface area contributed by atoms with E-state index in [0.717, 1.165) is 37.1 Å². The average Bonchev–Trinajstić information content (AvgIpc) is 2.42. The highest BCUT2D eigenvalue weighted by atomic mass is 16.1. The largest absolute Gasteiger partial charge is 0.316 e. The Labute approximate surface area is 113 Å². The van der Waals surface area contributed by atoms with Gasteiger partial charge in [0.05, 0.1) is 17.2 Å². The number of nitrogens with zero attached hydrogens (tertiary/aromatic N) is 2. The molecule has 19 heavy (non-hydrogen) atoms. The molecule has 4 heteroatoms. The van der Waals surface area contributed by atoms with Crippen molar-refractivity contribution < 1.29 is 0 Å². The summed E-state index contributed by atoms with van der Waals surface area (Å²) in [6.45, 7) is 6.98. The SMILES string of the molecule is CCCNCC(C)Cn1c(=O)cnc2ccccc21. The maximum absolute atomic E-state index is 12.0. The molecule has 0 saturated heterocycles. The van der Waals surface area contributed by atoms with Crippen LogP contribution in [0.3, 0.4) is 0 Å². The molecule has 1 aromatic carbocycles. The molecule has 0 aliphatic carbocycles. The van der Waals surface area contributed by atoms with Crippen molar-refractivity contribution in [3.8, 4) is 0 Å². The highest BCUT2D eigenvalue weighted by Gasteiger charge is 2.08. The summed E-state index contributed by atoms with van der Waals surface area (Å²) in [5, 5.41) is 3.39. The van der Waals surface area contributed by atoms with Crippen molar-refractivity contribution in [1.82, 2.24) is 14.9 Å². The molecule has 2 aromatic rings. The smallest absolute Gasteiger partial charge is 0.269 e. The summed E-state index contributed by atoms with van der Waals surface area (Å²) >= 11 is 0. The summed E-state index contributed by atoms with van der Waals surface area (Å²) in [4.78, 5) is 16.2. The zero-order valence-electron chi connectivity index (χ0n) is 11.6. The number of hydrogen-bond donors (Lipinski definition) is 1. The van der Waals surface area contributed by atoms with Gasteiger partial charge in [-0.25, -0.2) is 4.98 Å². The Bertz CT molecular complexity index is 591. The van der Waals surface area contributed by atoms with Crippen LogP contribution >= 0.6 is 0 Å². The Balaban J connectivity index is 2.19. The second-order valence-electron chi connectivity index (χ2n) is 5.01. The van der Waals surface area contributed by atoms with Crippen LogP contribution in [0.25, 0.3) is 11.0 Å². The van der Waals surface area contributed by atoms with Crippen molar-refractivity contribution in [2.45, 2.75) is 26.8 Å². The Morgan fingerprint density at radius 2 is 2.16 bits per heavy atom. The number of benzene rings is 1. The third-order valence-corrected chi connectivity index (χ3v) is 3.17. The van der Waals surface area contributed by atoms with E-state index < -0.39 is 0 Å². The number of fused-ring (bicyclic) bond motifs is 1. The first-order valence-corrected chi connectivity index (χ1v) is 6.87. The zero-order valence-corrected chi connectivity index (χ0v) is 11.6. The van der Waals surface area contributed by atoms with Crippen LogP contribution in [0, 0.1) is 5.92 Å². The van der Waals surface area contributed by atoms with Gasteiger partial charge in [-0.2, -0.15) is 0 Å². The van der Waals surface area contributed by atoms with Crippen molar-refractivity contribution in [3.05, 3.63) is 40.8 Å². The maximum Gasteiger partial charge on any atom is 0.269 e. The summed E-state index contributed by atoms with van der Waals surface area (Å²) in [6, 6.07) is 7.78. The molecule has 0 fully saturated rings. The van der Waals surface area contributed by atoms with Crippen LogP contribution in [-0.2, 0) is 6.54 Å². The summed E-state index contributed by atoms with van der Waals surface area (Å²) in [7, 11) is 0. The van der Waals surface area contributed by atoms with Crippen molar-refractivity contribution in [1.29, 1.82) is 0 Å².